The van der Waals surface area contributed by atoms with Crippen LogP contribution in [0.2, 0.25) is 0 Å². The van der Waals surface area contributed by atoms with Crippen LogP contribution in [0.5, 0.6) is 0 Å². The maximum absolute atomic E-state index is 4.70. The molecule has 1 aromatic heterocycles. The smallest absolute Gasteiger partial charge is 0.134 e. The van der Waals surface area contributed by atoms with Gasteiger partial charge >= 0.3 is 0 Å². The molecular formula is C16H30N4. The molecule has 0 aliphatic carbocycles. The summed E-state index contributed by atoms with van der Waals surface area (Å²) in [7, 11) is 1.92. The van der Waals surface area contributed by atoms with Gasteiger partial charge < -0.3 is 10.6 Å². The van der Waals surface area contributed by atoms with Crippen molar-refractivity contribution in [2.75, 3.05) is 17.7 Å². The molecule has 1 rings (SSSR count). The Labute approximate surface area is 123 Å². The lowest BCUT2D eigenvalue weighted by molar-refractivity contribution is 0.436. The lowest BCUT2D eigenvalue weighted by Gasteiger charge is -2.24. The van der Waals surface area contributed by atoms with E-state index in [1.807, 2.05) is 7.05 Å². The van der Waals surface area contributed by atoms with Crippen LogP contribution in [0.1, 0.15) is 58.3 Å². The molecule has 1 atom stereocenters. The number of nitrogens with zero attached hydrogens (tertiary/aromatic N) is 2. The predicted molar refractivity (Wildman–Crippen MR) is 87.5 cm³/mol. The minimum atomic E-state index is 0.429. The van der Waals surface area contributed by atoms with Crippen molar-refractivity contribution in [3.63, 3.8) is 0 Å². The first-order valence-electron chi connectivity index (χ1n) is 7.89. The van der Waals surface area contributed by atoms with Crippen molar-refractivity contribution < 1.29 is 0 Å². The standard InChI is InChI=1S/C16H30N4/c1-7-10-14-19-15(17-6)11(4)16(20-14)18-12(5)13(8-2)9-3/h12-13H,7-10H2,1-6H3,(H2,17,18,19,20). The Morgan fingerprint density at radius 3 is 2.15 bits per heavy atom. The third kappa shape index (κ3) is 4.09. The van der Waals surface area contributed by atoms with Gasteiger partial charge in [0.05, 0.1) is 0 Å². The van der Waals surface area contributed by atoms with E-state index in [4.69, 9.17) is 4.98 Å². The SMILES string of the molecule is CCCc1nc(NC)c(C)c(NC(C)C(CC)CC)n1. The van der Waals surface area contributed by atoms with E-state index in [0.29, 0.717) is 12.0 Å². The van der Waals surface area contributed by atoms with E-state index in [9.17, 15) is 0 Å². The number of aromatic nitrogens is 2. The molecule has 0 saturated carbocycles. The Balaban J connectivity index is 3.00. The molecule has 4 heteroatoms. The maximum atomic E-state index is 4.70. The summed E-state index contributed by atoms with van der Waals surface area (Å²) in [5.41, 5.74) is 1.10. The normalized spacial score (nSPS) is 12.6. The average Bonchev–Trinajstić information content (AvgIpc) is 2.43. The zero-order chi connectivity index (χ0) is 15.1. The van der Waals surface area contributed by atoms with Crippen molar-refractivity contribution in [2.45, 2.75) is 66.3 Å². The summed E-state index contributed by atoms with van der Waals surface area (Å²) in [6, 6.07) is 0.429. The number of hydrogen-bond acceptors (Lipinski definition) is 4. The molecule has 20 heavy (non-hydrogen) atoms. The summed E-state index contributed by atoms with van der Waals surface area (Å²) in [5, 5.41) is 6.77. The van der Waals surface area contributed by atoms with Crippen LogP contribution in [0, 0.1) is 12.8 Å². The predicted octanol–water partition coefficient (Wildman–Crippen LogP) is 4.02. The second kappa shape index (κ2) is 8.08. The van der Waals surface area contributed by atoms with Crippen LogP contribution in [0.15, 0.2) is 0 Å². The molecule has 0 radical (unpaired) electrons. The fourth-order valence-corrected chi connectivity index (χ4v) is 2.61. The fourth-order valence-electron chi connectivity index (χ4n) is 2.61. The van der Waals surface area contributed by atoms with Crippen molar-refractivity contribution in [2.24, 2.45) is 5.92 Å². The van der Waals surface area contributed by atoms with E-state index in [0.717, 1.165) is 35.9 Å². The van der Waals surface area contributed by atoms with Gasteiger partial charge in [0.2, 0.25) is 0 Å². The molecule has 0 aromatic carbocycles. The largest absolute Gasteiger partial charge is 0.373 e. The first kappa shape index (κ1) is 16.7. The second-order valence-corrected chi connectivity index (χ2v) is 5.47. The first-order valence-corrected chi connectivity index (χ1v) is 7.89. The maximum Gasteiger partial charge on any atom is 0.134 e. The summed E-state index contributed by atoms with van der Waals surface area (Å²) in [6.45, 7) is 11.0. The summed E-state index contributed by atoms with van der Waals surface area (Å²) >= 11 is 0. The molecular weight excluding hydrogens is 248 g/mol. The van der Waals surface area contributed by atoms with Gasteiger partial charge in [-0.15, -0.1) is 0 Å². The summed E-state index contributed by atoms with van der Waals surface area (Å²) in [4.78, 5) is 9.27. The highest BCUT2D eigenvalue weighted by Gasteiger charge is 2.16. The molecule has 1 heterocycles. The molecule has 2 N–H and O–H groups in total. The molecule has 4 nitrogen and oxygen atoms in total. The highest BCUT2D eigenvalue weighted by molar-refractivity contribution is 5.57. The monoisotopic (exact) mass is 278 g/mol. The van der Waals surface area contributed by atoms with Crippen LogP contribution in [0.25, 0.3) is 0 Å². The molecule has 0 bridgehead atoms. The minimum Gasteiger partial charge on any atom is -0.373 e. The first-order chi connectivity index (χ1) is 9.57. The number of rotatable bonds is 8. The van der Waals surface area contributed by atoms with Crippen molar-refractivity contribution >= 4 is 11.6 Å². The van der Waals surface area contributed by atoms with E-state index in [-0.39, 0.29) is 0 Å². The van der Waals surface area contributed by atoms with E-state index in [2.05, 4.69) is 50.2 Å². The van der Waals surface area contributed by atoms with E-state index >= 15 is 0 Å². The molecule has 0 amide bonds. The molecule has 0 spiro atoms. The van der Waals surface area contributed by atoms with Crippen LogP contribution in [-0.2, 0) is 6.42 Å². The van der Waals surface area contributed by atoms with Gasteiger partial charge in [-0.3, -0.25) is 0 Å². The molecule has 0 saturated heterocycles. The zero-order valence-corrected chi connectivity index (χ0v) is 13.9. The average molecular weight is 278 g/mol. The highest BCUT2D eigenvalue weighted by Crippen LogP contribution is 2.23. The molecule has 1 unspecified atom stereocenters. The minimum absolute atomic E-state index is 0.429. The number of nitrogens with one attached hydrogen (secondary N) is 2. The molecule has 0 aliphatic heterocycles. The lowest BCUT2D eigenvalue weighted by atomic mass is 9.95. The topological polar surface area (TPSA) is 49.8 Å². The summed E-state index contributed by atoms with van der Waals surface area (Å²) in [5.74, 6) is 3.51. The van der Waals surface area contributed by atoms with Crippen molar-refractivity contribution in [3.8, 4) is 0 Å². The van der Waals surface area contributed by atoms with E-state index in [1.165, 1.54) is 12.8 Å². The van der Waals surface area contributed by atoms with Crippen molar-refractivity contribution in [1.82, 2.24) is 9.97 Å². The highest BCUT2D eigenvalue weighted by atomic mass is 15.1. The second-order valence-electron chi connectivity index (χ2n) is 5.47. The van der Waals surface area contributed by atoms with Gasteiger partial charge in [-0.2, -0.15) is 0 Å². The van der Waals surface area contributed by atoms with Gasteiger partial charge in [-0.25, -0.2) is 9.97 Å². The van der Waals surface area contributed by atoms with Crippen LogP contribution < -0.4 is 10.6 Å². The van der Waals surface area contributed by atoms with Crippen LogP contribution in [0.4, 0.5) is 11.6 Å². The number of hydrogen-bond donors (Lipinski definition) is 2. The van der Waals surface area contributed by atoms with Crippen molar-refractivity contribution in [1.29, 1.82) is 0 Å². The Bertz CT molecular complexity index is 413. The fraction of sp³-hybridized carbons (Fsp3) is 0.750. The number of aryl methyl sites for hydroxylation is 1. The van der Waals surface area contributed by atoms with Crippen LogP contribution in [-0.4, -0.2) is 23.1 Å². The van der Waals surface area contributed by atoms with E-state index < -0.39 is 0 Å². The molecule has 1 aromatic rings. The van der Waals surface area contributed by atoms with Crippen molar-refractivity contribution in [3.05, 3.63) is 11.4 Å². The Hall–Kier alpha value is -1.32. The van der Waals surface area contributed by atoms with Gasteiger partial charge in [0.15, 0.2) is 0 Å². The summed E-state index contributed by atoms with van der Waals surface area (Å²) < 4.78 is 0. The lowest BCUT2D eigenvalue weighted by Crippen LogP contribution is -2.26. The molecule has 114 valence electrons. The zero-order valence-electron chi connectivity index (χ0n) is 13.9. The number of anilines is 2. The Morgan fingerprint density at radius 2 is 1.65 bits per heavy atom. The van der Waals surface area contributed by atoms with Gasteiger partial charge in [0.25, 0.3) is 0 Å². The van der Waals surface area contributed by atoms with Gasteiger partial charge in [-0.05, 0) is 26.2 Å². The third-order valence-electron chi connectivity index (χ3n) is 4.02. The quantitative estimate of drug-likeness (QED) is 0.754. The third-order valence-corrected chi connectivity index (χ3v) is 4.02. The van der Waals surface area contributed by atoms with Crippen LogP contribution >= 0.6 is 0 Å². The Morgan fingerprint density at radius 1 is 1.05 bits per heavy atom. The van der Waals surface area contributed by atoms with Gasteiger partial charge in [0, 0.05) is 25.1 Å². The van der Waals surface area contributed by atoms with E-state index in [1.54, 1.807) is 0 Å². The van der Waals surface area contributed by atoms with Crippen LogP contribution in [0.3, 0.4) is 0 Å². The summed E-state index contributed by atoms with van der Waals surface area (Å²) in [6.07, 6.45) is 4.36. The molecule has 0 aliphatic rings. The molecule has 0 fully saturated rings. The Kier molecular flexibility index (Phi) is 6.76. The van der Waals surface area contributed by atoms with Gasteiger partial charge in [-0.1, -0.05) is 33.6 Å². The van der Waals surface area contributed by atoms with Gasteiger partial charge in [0.1, 0.15) is 17.5 Å².